The number of benzene rings is 2. The largest absolute Gasteiger partial charge is 0.269 e. The van der Waals surface area contributed by atoms with Crippen LogP contribution in [0, 0.1) is 35.8 Å². The fraction of sp³-hybridized carbons (Fsp3) is 0.444. The lowest BCUT2D eigenvalue weighted by molar-refractivity contribution is 0.609. The number of fused-ring (bicyclic) bond motifs is 5. The third-order valence-corrected chi connectivity index (χ3v) is 10.5. The highest BCUT2D eigenvalue weighted by Crippen LogP contribution is 2.37. The second-order valence-electron chi connectivity index (χ2n) is 11.0. The van der Waals surface area contributed by atoms with Crippen LogP contribution in [0.5, 0.6) is 0 Å². The molecule has 6 heteroatoms. The Bertz CT molecular complexity index is 1690. The molecule has 0 saturated heterocycles. The maximum Gasteiger partial charge on any atom is 0.269 e. The lowest BCUT2D eigenvalue weighted by Crippen LogP contribution is -2.08. The summed E-state index contributed by atoms with van der Waals surface area (Å²) in [6, 6.07) is 12.6. The Morgan fingerprint density at radius 3 is 1.33 bits per heavy atom. The van der Waals surface area contributed by atoms with Crippen molar-refractivity contribution in [2.24, 2.45) is 0 Å². The number of rotatable bonds is 14. The smallest absolute Gasteiger partial charge is 0.226 e. The molecule has 0 aliphatic carbocycles. The zero-order chi connectivity index (χ0) is 29.9. The second kappa shape index (κ2) is 15.5. The number of thiophene rings is 2. The Morgan fingerprint density at radius 2 is 0.976 bits per heavy atom. The van der Waals surface area contributed by atoms with Crippen LogP contribution in [0.1, 0.15) is 101 Å². The van der Waals surface area contributed by atoms with Gasteiger partial charge in [-0.05, 0) is 48.6 Å². The molecule has 0 saturated carbocycles. The van der Waals surface area contributed by atoms with E-state index in [1.807, 2.05) is 12.1 Å². The molecular formula is C36H38N4S2. The summed E-state index contributed by atoms with van der Waals surface area (Å²) in [7, 11) is 0. The number of hydrogen-bond donors (Lipinski definition) is 0. The predicted molar refractivity (Wildman–Crippen MR) is 179 cm³/mol. The number of aryl methyl sites for hydroxylation is 2. The average molecular weight is 591 g/mol. The SMILES string of the molecule is [C-]#[N+]/C(C#N)=c1/cc2c(c/c(=C(/C#N)[N+]#[C-])c3cc(CCCCCCCC)sc32)c2sc(CCCCCCCC)cc12. The molecule has 2 aromatic carbocycles. The molecule has 2 aromatic heterocycles. The van der Waals surface area contributed by atoms with E-state index in [4.69, 9.17) is 13.1 Å². The first kappa shape index (κ1) is 31.3. The maximum atomic E-state index is 9.87. The first-order valence-electron chi connectivity index (χ1n) is 15.3. The van der Waals surface area contributed by atoms with Crippen molar-refractivity contribution < 1.29 is 0 Å². The van der Waals surface area contributed by atoms with Crippen molar-refractivity contribution in [2.75, 3.05) is 0 Å². The van der Waals surface area contributed by atoms with Crippen LogP contribution < -0.4 is 10.4 Å². The lowest BCUT2D eigenvalue weighted by atomic mass is 10.0. The van der Waals surface area contributed by atoms with Gasteiger partial charge in [0.15, 0.2) is 0 Å². The molecule has 4 nitrogen and oxygen atoms in total. The van der Waals surface area contributed by atoms with Crippen LogP contribution in [0.2, 0.25) is 0 Å². The van der Waals surface area contributed by atoms with E-state index < -0.39 is 0 Å². The van der Waals surface area contributed by atoms with Gasteiger partial charge >= 0.3 is 0 Å². The summed E-state index contributed by atoms with van der Waals surface area (Å²) in [5.74, 6) is 0. The van der Waals surface area contributed by atoms with Crippen molar-refractivity contribution in [3.63, 3.8) is 0 Å². The second-order valence-corrected chi connectivity index (χ2v) is 13.3. The van der Waals surface area contributed by atoms with Gasteiger partial charge in [0, 0.05) is 40.4 Å². The molecular weight excluding hydrogens is 553 g/mol. The Balaban J connectivity index is 1.88. The van der Waals surface area contributed by atoms with Gasteiger partial charge in [-0.3, -0.25) is 0 Å². The highest BCUT2D eigenvalue weighted by atomic mass is 32.1. The molecule has 0 atom stereocenters. The lowest BCUT2D eigenvalue weighted by Gasteiger charge is -2.05. The summed E-state index contributed by atoms with van der Waals surface area (Å²) in [6.45, 7) is 19.9. The Hall–Kier alpha value is -3.68. The minimum absolute atomic E-state index is 0.109. The summed E-state index contributed by atoms with van der Waals surface area (Å²) < 4.78 is 2.08. The van der Waals surface area contributed by atoms with Crippen LogP contribution in [-0.2, 0) is 12.8 Å². The van der Waals surface area contributed by atoms with Crippen LogP contribution in [0.4, 0.5) is 0 Å². The Kier molecular flexibility index (Phi) is 11.6. The fourth-order valence-corrected chi connectivity index (χ4v) is 8.23. The quantitative estimate of drug-likeness (QED) is 0.108. The summed E-state index contributed by atoms with van der Waals surface area (Å²) in [4.78, 5) is 9.71. The van der Waals surface area contributed by atoms with Gasteiger partial charge in [0.1, 0.15) is 0 Å². The molecule has 0 bridgehead atoms. The van der Waals surface area contributed by atoms with E-state index in [2.05, 4.69) is 47.8 Å². The van der Waals surface area contributed by atoms with Crippen molar-refractivity contribution >= 4 is 65.0 Å². The first-order valence-corrected chi connectivity index (χ1v) is 17.0. The molecule has 0 fully saturated rings. The highest BCUT2D eigenvalue weighted by molar-refractivity contribution is 7.21. The van der Waals surface area contributed by atoms with Crippen molar-refractivity contribution in [2.45, 2.75) is 104 Å². The summed E-state index contributed by atoms with van der Waals surface area (Å²) in [6.07, 6.45) is 16.7. The zero-order valence-corrected chi connectivity index (χ0v) is 26.4. The predicted octanol–water partition coefficient (Wildman–Crippen LogP) is 10.2. The molecule has 0 spiro atoms. The molecule has 0 radical (unpaired) electrons. The fourth-order valence-electron chi connectivity index (χ4n) is 5.75. The minimum atomic E-state index is 0.109. The van der Waals surface area contributed by atoms with E-state index in [1.165, 1.54) is 74.0 Å². The third kappa shape index (κ3) is 7.02. The van der Waals surface area contributed by atoms with Gasteiger partial charge in [0.05, 0.1) is 25.3 Å². The van der Waals surface area contributed by atoms with Gasteiger partial charge in [-0.15, -0.1) is 22.7 Å². The minimum Gasteiger partial charge on any atom is -0.226 e. The van der Waals surface area contributed by atoms with E-state index in [-0.39, 0.29) is 11.4 Å². The molecule has 42 heavy (non-hydrogen) atoms. The number of hydrogen-bond acceptors (Lipinski definition) is 4. The van der Waals surface area contributed by atoms with E-state index >= 15 is 0 Å². The first-order chi connectivity index (χ1) is 20.6. The maximum absolute atomic E-state index is 9.87. The number of unbranched alkanes of at least 4 members (excludes halogenated alkanes) is 10. The third-order valence-electron chi connectivity index (χ3n) is 8.00. The average Bonchev–Trinajstić information content (AvgIpc) is 3.63. The van der Waals surface area contributed by atoms with E-state index in [0.717, 1.165) is 56.6 Å². The number of nitriles is 2. The van der Waals surface area contributed by atoms with E-state index in [9.17, 15) is 10.5 Å². The summed E-state index contributed by atoms with van der Waals surface area (Å²) in [5.41, 5.74) is 0.217. The summed E-state index contributed by atoms with van der Waals surface area (Å²) in [5, 5.41) is 25.0. The zero-order valence-electron chi connectivity index (χ0n) is 24.8. The van der Waals surface area contributed by atoms with Crippen LogP contribution in [-0.4, -0.2) is 0 Å². The van der Waals surface area contributed by atoms with Gasteiger partial charge in [0.2, 0.25) is 0 Å². The molecule has 4 rings (SSSR count). The van der Waals surface area contributed by atoms with Gasteiger partial charge in [0.25, 0.3) is 11.4 Å². The van der Waals surface area contributed by atoms with Gasteiger partial charge in [-0.25, -0.2) is 20.2 Å². The molecule has 0 aliphatic heterocycles. The Morgan fingerprint density at radius 1 is 0.595 bits per heavy atom. The summed E-state index contributed by atoms with van der Waals surface area (Å²) >= 11 is 3.46. The van der Waals surface area contributed by atoms with Gasteiger partial charge in [-0.1, -0.05) is 90.2 Å². The van der Waals surface area contributed by atoms with Crippen molar-refractivity contribution in [3.05, 3.63) is 67.3 Å². The van der Waals surface area contributed by atoms with Crippen LogP contribution in [0.15, 0.2) is 24.3 Å². The van der Waals surface area contributed by atoms with Gasteiger partial charge < -0.3 is 0 Å². The monoisotopic (exact) mass is 590 g/mol. The highest BCUT2D eigenvalue weighted by Gasteiger charge is 2.16. The number of nitrogens with zero attached hydrogens (tertiary/aromatic N) is 4. The van der Waals surface area contributed by atoms with Crippen molar-refractivity contribution in [1.82, 2.24) is 0 Å². The molecule has 2 heterocycles. The van der Waals surface area contributed by atoms with Crippen molar-refractivity contribution in [1.29, 1.82) is 10.5 Å². The molecule has 0 unspecified atom stereocenters. The van der Waals surface area contributed by atoms with E-state index in [0.29, 0.717) is 10.4 Å². The molecule has 4 aromatic rings. The van der Waals surface area contributed by atoms with Crippen LogP contribution in [0.25, 0.3) is 52.0 Å². The standard InChI is InChI=1S/C36H38N4S2/c1-5-7-9-11-13-15-17-25-19-29-27(33(23-37)39-3)21-32-31(35(29)41-25)22-28(34(24-38)40-4)30-20-26(42-36(30)32)18-16-14-12-10-8-6-2/h19-22H,5-18H2,1-2H3/b33-27-,34-28+. The van der Waals surface area contributed by atoms with E-state index in [1.54, 1.807) is 22.7 Å². The molecule has 0 aliphatic rings. The topological polar surface area (TPSA) is 56.3 Å². The Labute approximate surface area is 257 Å². The molecule has 0 N–H and O–H groups in total. The molecule has 214 valence electrons. The van der Waals surface area contributed by atoms with Crippen LogP contribution >= 0.6 is 22.7 Å². The molecule has 0 amide bonds. The van der Waals surface area contributed by atoms with Gasteiger partial charge in [-0.2, -0.15) is 0 Å². The van der Waals surface area contributed by atoms with Crippen LogP contribution in [0.3, 0.4) is 0 Å². The normalized spacial score (nSPS) is 12.6. The van der Waals surface area contributed by atoms with Crippen molar-refractivity contribution in [3.8, 4) is 12.1 Å².